The maximum Gasteiger partial charge on any atom is 0.184 e. The van der Waals surface area contributed by atoms with Crippen LogP contribution < -0.4 is 10.5 Å². The van der Waals surface area contributed by atoms with Gasteiger partial charge in [0.05, 0.1) is 17.7 Å². The van der Waals surface area contributed by atoms with E-state index < -0.39 is 8.32 Å². The van der Waals surface area contributed by atoms with E-state index in [0.29, 0.717) is 6.04 Å². The van der Waals surface area contributed by atoms with Crippen LogP contribution in [-0.4, -0.2) is 37.9 Å². The maximum atomic E-state index is 9.19. The fourth-order valence-electron chi connectivity index (χ4n) is 5.89. The molecule has 174 valence electrons. The normalized spacial score (nSPS) is 24.4. The van der Waals surface area contributed by atoms with Gasteiger partial charge in [0.2, 0.25) is 0 Å². The highest BCUT2D eigenvalue weighted by atomic mass is 28.4. The molecule has 2 heterocycles. The van der Waals surface area contributed by atoms with Gasteiger partial charge in [-0.05, 0) is 93.2 Å². The minimum atomic E-state index is -1.72. The summed E-state index contributed by atoms with van der Waals surface area (Å²) < 4.78 is 13.4. The molecule has 0 amide bonds. The third kappa shape index (κ3) is 4.68. The van der Waals surface area contributed by atoms with Crippen LogP contribution in [0.4, 0.5) is 5.69 Å². The van der Waals surface area contributed by atoms with Crippen LogP contribution in [0.25, 0.3) is 0 Å². The van der Waals surface area contributed by atoms with Gasteiger partial charge in [-0.15, -0.1) is 0 Å². The zero-order chi connectivity index (χ0) is 23.2. The summed E-state index contributed by atoms with van der Waals surface area (Å²) in [6.45, 7) is 8.87. The Bertz CT molecular complexity index is 1080. The molecule has 2 N–H and O–H groups in total. The molecule has 3 aliphatic rings. The summed E-state index contributed by atoms with van der Waals surface area (Å²) in [5, 5.41) is 9.19. The van der Waals surface area contributed by atoms with E-state index in [-0.39, 0.29) is 11.7 Å². The second-order valence-corrected chi connectivity index (χ2v) is 15.5. The number of likely N-dealkylation sites (tertiary alicyclic amines) is 1. The van der Waals surface area contributed by atoms with E-state index in [9.17, 15) is 5.26 Å². The highest BCUT2D eigenvalue weighted by molar-refractivity contribution is 6.69. The predicted molar refractivity (Wildman–Crippen MR) is 134 cm³/mol. The number of hydrogen-bond donors (Lipinski definition) is 1. The van der Waals surface area contributed by atoms with Gasteiger partial charge in [-0.1, -0.05) is 6.07 Å². The number of rotatable bonds is 3. The van der Waals surface area contributed by atoms with Gasteiger partial charge in [-0.25, -0.2) is 0 Å². The lowest BCUT2D eigenvalue weighted by Gasteiger charge is -2.49. The van der Waals surface area contributed by atoms with Gasteiger partial charge in [-0.3, -0.25) is 4.90 Å². The second kappa shape index (κ2) is 8.46. The van der Waals surface area contributed by atoms with Crippen molar-refractivity contribution in [2.75, 3.05) is 18.8 Å². The molecule has 2 aromatic carbocycles. The summed E-state index contributed by atoms with van der Waals surface area (Å²) in [5.41, 5.74) is 11.4. The Labute approximate surface area is 198 Å². The summed E-state index contributed by atoms with van der Waals surface area (Å²) in [4.78, 5) is 2.67. The molecule has 2 aliphatic heterocycles. The summed E-state index contributed by atoms with van der Waals surface area (Å²) in [5.74, 6) is 0.951. The van der Waals surface area contributed by atoms with Crippen molar-refractivity contribution in [1.82, 2.24) is 4.90 Å². The molecule has 2 unspecified atom stereocenters. The van der Waals surface area contributed by atoms with E-state index in [4.69, 9.17) is 14.9 Å². The lowest BCUT2D eigenvalue weighted by molar-refractivity contribution is -0.0570. The van der Waals surface area contributed by atoms with Gasteiger partial charge in [0.25, 0.3) is 0 Å². The number of benzene rings is 2. The van der Waals surface area contributed by atoms with Crippen molar-refractivity contribution < 1.29 is 9.16 Å². The van der Waals surface area contributed by atoms with Crippen LogP contribution in [-0.2, 0) is 17.3 Å². The molecule has 0 saturated carbocycles. The molecule has 1 spiro atoms. The number of piperidine rings is 1. The highest BCUT2D eigenvalue weighted by Crippen LogP contribution is 2.47. The lowest BCUT2D eigenvalue weighted by atomic mass is 9.80. The summed E-state index contributed by atoms with van der Waals surface area (Å²) in [7, 11) is -1.72. The van der Waals surface area contributed by atoms with E-state index in [1.54, 1.807) is 0 Å². The van der Waals surface area contributed by atoms with Gasteiger partial charge in [-0.2, -0.15) is 5.26 Å². The van der Waals surface area contributed by atoms with Gasteiger partial charge in [0.15, 0.2) is 8.32 Å². The standard InChI is InChI=1S/C27H35N3O2Si/c1-33(2,3)32-26-17-27(31-25-9-7-22(29)16-24(25)26)10-12-30(13-11-27)23-8-6-20-14-19(18-28)4-5-21(20)15-23/h4-5,7,9,14,16,23,26H,6,8,10-13,15,17,29H2,1-3H3. The van der Waals surface area contributed by atoms with Crippen molar-refractivity contribution in [3.05, 3.63) is 58.7 Å². The van der Waals surface area contributed by atoms with Gasteiger partial charge in [0, 0.05) is 36.8 Å². The highest BCUT2D eigenvalue weighted by Gasteiger charge is 2.45. The minimum Gasteiger partial charge on any atom is -0.487 e. The number of nitrogen functional groups attached to an aromatic ring is 1. The Kier molecular flexibility index (Phi) is 5.76. The number of nitriles is 1. The molecule has 5 rings (SSSR count). The van der Waals surface area contributed by atoms with Crippen molar-refractivity contribution in [2.45, 2.75) is 75.9 Å². The molecule has 1 fully saturated rings. The molecule has 2 atom stereocenters. The topological polar surface area (TPSA) is 71.5 Å². The van der Waals surface area contributed by atoms with Gasteiger partial charge in [0.1, 0.15) is 11.4 Å². The summed E-state index contributed by atoms with van der Waals surface area (Å²) in [6.07, 6.45) is 6.34. The fourth-order valence-corrected chi connectivity index (χ4v) is 6.95. The van der Waals surface area contributed by atoms with Gasteiger partial charge < -0.3 is 14.9 Å². The number of ether oxygens (including phenoxy) is 1. The monoisotopic (exact) mass is 461 g/mol. The SMILES string of the molecule is C[Si](C)(C)OC1CC2(CCN(C3CCc4cc(C#N)ccc4C3)CC2)Oc2ccc(N)cc21. The Morgan fingerprint density at radius 3 is 2.64 bits per heavy atom. The number of hydrogen-bond acceptors (Lipinski definition) is 5. The predicted octanol–water partition coefficient (Wildman–Crippen LogP) is 5.21. The van der Waals surface area contributed by atoms with Crippen LogP contribution in [0, 0.1) is 11.3 Å². The van der Waals surface area contributed by atoms with Crippen LogP contribution in [0.1, 0.15) is 54.0 Å². The Balaban J connectivity index is 1.29. The van der Waals surface area contributed by atoms with Crippen molar-refractivity contribution in [3.63, 3.8) is 0 Å². The number of fused-ring (bicyclic) bond motifs is 2. The maximum absolute atomic E-state index is 9.19. The minimum absolute atomic E-state index is 0.0614. The third-order valence-electron chi connectivity index (χ3n) is 7.52. The molecule has 33 heavy (non-hydrogen) atoms. The van der Waals surface area contributed by atoms with E-state index >= 15 is 0 Å². The second-order valence-electron chi connectivity index (χ2n) is 11.0. The average molecular weight is 462 g/mol. The Hall–Kier alpha value is -2.33. The van der Waals surface area contributed by atoms with Crippen LogP contribution in [0.3, 0.4) is 0 Å². The van der Waals surface area contributed by atoms with E-state index in [1.807, 2.05) is 24.3 Å². The first-order chi connectivity index (χ1) is 15.7. The van der Waals surface area contributed by atoms with Gasteiger partial charge >= 0.3 is 0 Å². The zero-order valence-corrected chi connectivity index (χ0v) is 21.1. The van der Waals surface area contributed by atoms with E-state index in [1.165, 1.54) is 17.5 Å². The zero-order valence-electron chi connectivity index (χ0n) is 20.1. The first kappa shape index (κ1) is 22.5. The van der Waals surface area contributed by atoms with Crippen molar-refractivity contribution in [3.8, 4) is 11.8 Å². The van der Waals surface area contributed by atoms with Crippen molar-refractivity contribution in [2.24, 2.45) is 0 Å². The van der Waals surface area contributed by atoms with Crippen LogP contribution >= 0.6 is 0 Å². The molecular weight excluding hydrogens is 426 g/mol. The largest absolute Gasteiger partial charge is 0.487 e. The van der Waals surface area contributed by atoms with Crippen LogP contribution in [0.2, 0.25) is 19.6 Å². The average Bonchev–Trinajstić information content (AvgIpc) is 2.78. The van der Waals surface area contributed by atoms with E-state index in [2.05, 4.69) is 42.7 Å². The molecule has 0 radical (unpaired) electrons. The molecule has 0 aromatic heterocycles. The summed E-state index contributed by atoms with van der Waals surface area (Å²) >= 11 is 0. The summed E-state index contributed by atoms with van der Waals surface area (Å²) in [6, 6.07) is 15.1. The van der Waals surface area contributed by atoms with Crippen molar-refractivity contribution >= 4 is 14.0 Å². The lowest BCUT2D eigenvalue weighted by Crippen LogP contribution is -2.54. The Morgan fingerprint density at radius 2 is 1.91 bits per heavy atom. The third-order valence-corrected chi connectivity index (χ3v) is 8.52. The molecule has 2 aromatic rings. The fraction of sp³-hybridized carbons (Fsp3) is 0.519. The van der Waals surface area contributed by atoms with Crippen LogP contribution in [0.15, 0.2) is 36.4 Å². The van der Waals surface area contributed by atoms with E-state index in [0.717, 1.165) is 67.8 Å². The smallest absolute Gasteiger partial charge is 0.184 e. The number of aryl methyl sites for hydroxylation is 1. The first-order valence-corrected chi connectivity index (χ1v) is 15.7. The molecule has 5 nitrogen and oxygen atoms in total. The van der Waals surface area contributed by atoms with Crippen LogP contribution in [0.5, 0.6) is 5.75 Å². The molecule has 0 bridgehead atoms. The molecule has 1 aliphatic carbocycles. The van der Waals surface area contributed by atoms with Crippen molar-refractivity contribution in [1.29, 1.82) is 5.26 Å². The molecular formula is C27H35N3O2Si. The Morgan fingerprint density at radius 1 is 1.12 bits per heavy atom. The molecule has 1 saturated heterocycles. The quantitative estimate of drug-likeness (QED) is 0.502. The first-order valence-electron chi connectivity index (χ1n) is 12.3. The number of nitrogens with zero attached hydrogens (tertiary/aromatic N) is 2. The number of nitrogens with two attached hydrogens (primary N) is 1. The number of anilines is 1. The molecule has 6 heteroatoms.